The minimum absolute atomic E-state index is 0.390. The van der Waals surface area contributed by atoms with E-state index in [0.717, 1.165) is 42.9 Å². The Bertz CT molecular complexity index is 346. The number of nitrogens with one attached hydrogen (secondary N) is 1. The van der Waals surface area contributed by atoms with Gasteiger partial charge in [-0.1, -0.05) is 18.7 Å². The number of ether oxygens (including phenoxy) is 1. The first-order valence-corrected chi connectivity index (χ1v) is 7.00. The van der Waals surface area contributed by atoms with Crippen molar-refractivity contribution in [3.05, 3.63) is 11.5 Å². The van der Waals surface area contributed by atoms with Gasteiger partial charge in [-0.15, -0.1) is 0 Å². The number of aromatic nitrogens is 1. The molecule has 0 bridgehead atoms. The van der Waals surface area contributed by atoms with E-state index in [9.17, 15) is 0 Å². The summed E-state index contributed by atoms with van der Waals surface area (Å²) >= 11 is 1.68. The van der Waals surface area contributed by atoms with Crippen molar-refractivity contribution in [2.24, 2.45) is 0 Å². The Hall–Kier alpha value is -0.520. The van der Waals surface area contributed by atoms with Crippen LogP contribution in [0.5, 0.6) is 0 Å². The van der Waals surface area contributed by atoms with Crippen molar-refractivity contribution in [2.45, 2.75) is 43.7 Å². The zero-order valence-electron chi connectivity index (χ0n) is 10.7. The normalized spacial score (nSPS) is 25.1. The van der Waals surface area contributed by atoms with E-state index in [0.29, 0.717) is 11.3 Å². The summed E-state index contributed by atoms with van der Waals surface area (Å²) in [5, 5.41) is 4.66. The number of aryl methyl sites for hydroxylation is 2. The van der Waals surface area contributed by atoms with E-state index >= 15 is 0 Å². The molecular weight excluding hydrogens is 236 g/mol. The molecule has 2 unspecified atom stereocenters. The van der Waals surface area contributed by atoms with Crippen molar-refractivity contribution in [3.8, 4) is 0 Å². The van der Waals surface area contributed by atoms with Crippen molar-refractivity contribution in [1.29, 1.82) is 0 Å². The third-order valence-electron chi connectivity index (χ3n) is 3.03. The number of hydrogen-bond acceptors (Lipinski definition) is 5. The second-order valence-electron chi connectivity index (χ2n) is 4.31. The highest BCUT2D eigenvalue weighted by molar-refractivity contribution is 7.99. The van der Waals surface area contributed by atoms with Gasteiger partial charge in [0.15, 0.2) is 0 Å². The first kappa shape index (κ1) is 12.9. The molecular formula is C12H20N2O2S. The summed E-state index contributed by atoms with van der Waals surface area (Å²) in [6.45, 7) is 8.66. The lowest BCUT2D eigenvalue weighted by Gasteiger charge is -2.30. The second-order valence-corrected chi connectivity index (χ2v) is 5.50. The van der Waals surface area contributed by atoms with Crippen molar-refractivity contribution in [1.82, 2.24) is 10.3 Å². The Morgan fingerprint density at radius 2 is 2.29 bits per heavy atom. The molecule has 96 valence electrons. The van der Waals surface area contributed by atoms with E-state index in [-0.39, 0.29) is 0 Å². The molecule has 2 rings (SSSR count). The van der Waals surface area contributed by atoms with Gasteiger partial charge in [-0.05, 0) is 26.8 Å². The standard InChI is InChI=1S/C12H20N2O2S/c1-4-13-10-5-6-15-7-11(10)17-12-14-8(2)9(3)16-12/h10-11,13H,4-7H2,1-3H3. The smallest absolute Gasteiger partial charge is 0.256 e. The molecule has 1 N–H and O–H groups in total. The van der Waals surface area contributed by atoms with E-state index in [1.165, 1.54) is 0 Å². The SMILES string of the molecule is CCNC1CCOCC1Sc1nc(C)c(C)o1. The van der Waals surface area contributed by atoms with Gasteiger partial charge in [0.2, 0.25) is 0 Å². The Kier molecular flexibility index (Phi) is 4.48. The fourth-order valence-corrected chi connectivity index (χ4v) is 3.13. The molecule has 4 nitrogen and oxygen atoms in total. The molecule has 0 saturated carbocycles. The first-order valence-electron chi connectivity index (χ1n) is 6.12. The molecule has 1 aliphatic heterocycles. The van der Waals surface area contributed by atoms with Crippen molar-refractivity contribution >= 4 is 11.8 Å². The van der Waals surface area contributed by atoms with Gasteiger partial charge in [0, 0.05) is 12.6 Å². The highest BCUT2D eigenvalue weighted by atomic mass is 32.2. The van der Waals surface area contributed by atoms with Crippen LogP contribution in [0.3, 0.4) is 0 Å². The van der Waals surface area contributed by atoms with Crippen LogP contribution in [0.2, 0.25) is 0 Å². The van der Waals surface area contributed by atoms with Crippen LogP contribution in [-0.4, -0.2) is 36.0 Å². The zero-order valence-corrected chi connectivity index (χ0v) is 11.5. The lowest BCUT2D eigenvalue weighted by Crippen LogP contribution is -2.44. The summed E-state index contributed by atoms with van der Waals surface area (Å²) in [6.07, 6.45) is 1.06. The van der Waals surface area contributed by atoms with Crippen LogP contribution in [0.25, 0.3) is 0 Å². The number of hydrogen-bond donors (Lipinski definition) is 1. The van der Waals surface area contributed by atoms with Crippen LogP contribution >= 0.6 is 11.8 Å². The van der Waals surface area contributed by atoms with Gasteiger partial charge >= 0.3 is 0 Å². The highest BCUT2D eigenvalue weighted by Gasteiger charge is 2.27. The van der Waals surface area contributed by atoms with E-state index < -0.39 is 0 Å². The molecule has 1 aromatic rings. The van der Waals surface area contributed by atoms with Crippen LogP contribution in [0.1, 0.15) is 24.8 Å². The molecule has 0 radical (unpaired) electrons. The fourth-order valence-electron chi connectivity index (χ4n) is 1.95. The molecule has 0 spiro atoms. The first-order chi connectivity index (χ1) is 8.20. The van der Waals surface area contributed by atoms with Gasteiger partial charge < -0.3 is 14.5 Å². The predicted molar refractivity (Wildman–Crippen MR) is 68.5 cm³/mol. The largest absolute Gasteiger partial charge is 0.437 e. The summed E-state index contributed by atoms with van der Waals surface area (Å²) in [7, 11) is 0. The van der Waals surface area contributed by atoms with Gasteiger partial charge in [-0.2, -0.15) is 0 Å². The number of oxazole rings is 1. The van der Waals surface area contributed by atoms with E-state index in [1.54, 1.807) is 11.8 Å². The number of nitrogens with zero attached hydrogens (tertiary/aromatic N) is 1. The van der Waals surface area contributed by atoms with Crippen molar-refractivity contribution < 1.29 is 9.15 Å². The van der Waals surface area contributed by atoms with E-state index in [1.807, 2.05) is 13.8 Å². The molecule has 5 heteroatoms. The van der Waals surface area contributed by atoms with Gasteiger partial charge in [0.1, 0.15) is 5.76 Å². The Balaban J connectivity index is 2.00. The molecule has 0 aliphatic carbocycles. The Labute approximate surface area is 107 Å². The topological polar surface area (TPSA) is 47.3 Å². The van der Waals surface area contributed by atoms with E-state index in [4.69, 9.17) is 9.15 Å². The van der Waals surface area contributed by atoms with Gasteiger partial charge in [0.05, 0.1) is 17.6 Å². The monoisotopic (exact) mass is 256 g/mol. The van der Waals surface area contributed by atoms with Crippen molar-refractivity contribution in [2.75, 3.05) is 19.8 Å². The van der Waals surface area contributed by atoms with Crippen molar-refractivity contribution in [3.63, 3.8) is 0 Å². The molecule has 1 saturated heterocycles. The summed E-state index contributed by atoms with van der Waals surface area (Å²) in [5.41, 5.74) is 0.976. The average Bonchev–Trinajstić information content (AvgIpc) is 2.61. The lowest BCUT2D eigenvalue weighted by molar-refractivity contribution is 0.0834. The third-order valence-corrected chi connectivity index (χ3v) is 4.18. The fraction of sp³-hybridized carbons (Fsp3) is 0.750. The van der Waals surface area contributed by atoms with Gasteiger partial charge in [-0.3, -0.25) is 0 Å². The second kappa shape index (κ2) is 5.89. The number of thioether (sulfide) groups is 1. The highest BCUT2D eigenvalue weighted by Crippen LogP contribution is 2.29. The summed E-state index contributed by atoms with van der Waals surface area (Å²) in [5.74, 6) is 0.907. The van der Waals surface area contributed by atoms with Gasteiger partial charge in [0.25, 0.3) is 5.22 Å². The average molecular weight is 256 g/mol. The third kappa shape index (κ3) is 3.24. The molecule has 17 heavy (non-hydrogen) atoms. The molecule has 1 aromatic heterocycles. The Morgan fingerprint density at radius 3 is 2.94 bits per heavy atom. The van der Waals surface area contributed by atoms with Gasteiger partial charge in [-0.25, -0.2) is 4.98 Å². The quantitative estimate of drug-likeness (QED) is 0.894. The maximum absolute atomic E-state index is 5.61. The summed E-state index contributed by atoms with van der Waals surface area (Å²) in [6, 6.07) is 0.492. The van der Waals surface area contributed by atoms with Crippen LogP contribution < -0.4 is 5.32 Å². The molecule has 1 fully saturated rings. The van der Waals surface area contributed by atoms with Crippen LogP contribution in [0, 0.1) is 13.8 Å². The lowest BCUT2D eigenvalue weighted by atomic mass is 10.1. The molecule has 2 heterocycles. The summed E-state index contributed by atoms with van der Waals surface area (Å²) < 4.78 is 11.1. The molecule has 1 aliphatic rings. The minimum Gasteiger partial charge on any atom is -0.437 e. The van der Waals surface area contributed by atoms with E-state index in [2.05, 4.69) is 17.2 Å². The maximum Gasteiger partial charge on any atom is 0.256 e. The number of rotatable bonds is 4. The Morgan fingerprint density at radius 1 is 1.47 bits per heavy atom. The minimum atomic E-state index is 0.390. The molecule has 0 aromatic carbocycles. The zero-order chi connectivity index (χ0) is 12.3. The molecule has 2 atom stereocenters. The van der Waals surface area contributed by atoms with Crippen LogP contribution in [0.4, 0.5) is 0 Å². The molecule has 0 amide bonds. The summed E-state index contributed by atoms with van der Waals surface area (Å²) in [4.78, 5) is 4.41. The van der Waals surface area contributed by atoms with Crippen LogP contribution in [-0.2, 0) is 4.74 Å². The predicted octanol–water partition coefficient (Wildman–Crippen LogP) is 2.15. The maximum atomic E-state index is 5.61. The van der Waals surface area contributed by atoms with Crippen LogP contribution in [0.15, 0.2) is 9.64 Å².